The number of hydrogen-bond donors (Lipinski definition) is 1. The molecule has 0 spiro atoms. The molecule has 0 saturated heterocycles. The van der Waals surface area contributed by atoms with E-state index in [1.807, 2.05) is 23.8 Å². The monoisotopic (exact) mass is 284 g/mol. The van der Waals surface area contributed by atoms with Gasteiger partial charge in [-0.25, -0.2) is 4.98 Å². The first-order valence-electron chi connectivity index (χ1n) is 5.24. The summed E-state index contributed by atoms with van der Waals surface area (Å²) in [7, 11) is 0. The molecule has 0 aliphatic carbocycles. The second-order valence-corrected chi connectivity index (χ2v) is 5.54. The van der Waals surface area contributed by atoms with Crippen LogP contribution in [0.1, 0.15) is 23.7 Å². The van der Waals surface area contributed by atoms with Crippen LogP contribution in [-0.4, -0.2) is 36.6 Å². The number of aryl methyl sites for hydroxylation is 1. The van der Waals surface area contributed by atoms with Gasteiger partial charge >= 0.3 is 5.97 Å². The molecule has 18 heavy (non-hydrogen) atoms. The van der Waals surface area contributed by atoms with Crippen molar-refractivity contribution in [2.45, 2.75) is 25.0 Å². The Morgan fingerprint density at radius 1 is 1.67 bits per heavy atom. The van der Waals surface area contributed by atoms with Crippen LogP contribution < -0.4 is 0 Å². The summed E-state index contributed by atoms with van der Waals surface area (Å²) < 4.78 is 1.84. The third-order valence-electron chi connectivity index (χ3n) is 2.28. The lowest BCUT2D eigenvalue weighted by Crippen LogP contribution is -2.08. The Labute approximate surface area is 112 Å². The molecular formula is C10H12N4O2S2. The highest BCUT2D eigenvalue weighted by Gasteiger charge is 2.16. The van der Waals surface area contributed by atoms with E-state index in [-0.39, 0.29) is 11.8 Å². The lowest BCUT2D eigenvalue weighted by Gasteiger charge is -2.11. The average molecular weight is 284 g/mol. The highest BCUT2D eigenvalue weighted by atomic mass is 32.2. The van der Waals surface area contributed by atoms with Crippen molar-refractivity contribution in [1.29, 1.82) is 0 Å². The Morgan fingerprint density at radius 2 is 2.44 bits per heavy atom. The smallest absolute Gasteiger partial charge is 0.313 e. The molecule has 0 radical (unpaired) electrons. The minimum absolute atomic E-state index is 0.00925. The Morgan fingerprint density at radius 3 is 3.06 bits per heavy atom. The molecule has 1 unspecified atom stereocenters. The van der Waals surface area contributed by atoms with Crippen LogP contribution in [0.25, 0.3) is 0 Å². The second-order valence-electron chi connectivity index (χ2n) is 3.71. The van der Waals surface area contributed by atoms with Crippen LogP contribution in [0.5, 0.6) is 0 Å². The first kappa shape index (κ1) is 13.0. The van der Waals surface area contributed by atoms with Crippen LogP contribution in [0.4, 0.5) is 0 Å². The van der Waals surface area contributed by atoms with Crippen LogP contribution in [0.15, 0.2) is 16.9 Å². The third-order valence-corrected chi connectivity index (χ3v) is 4.35. The van der Waals surface area contributed by atoms with Crippen molar-refractivity contribution in [2.75, 3.05) is 5.75 Å². The number of carbonyl (C=O) groups is 1. The molecule has 2 rings (SSSR count). The van der Waals surface area contributed by atoms with Gasteiger partial charge in [0, 0.05) is 11.1 Å². The minimum atomic E-state index is -0.868. The molecule has 2 heterocycles. The number of nitrogens with zero attached hydrogens (tertiary/aromatic N) is 4. The van der Waals surface area contributed by atoms with Crippen molar-refractivity contribution in [1.82, 2.24) is 19.7 Å². The maximum absolute atomic E-state index is 10.6. The number of thioether (sulfide) groups is 1. The molecule has 2 aromatic rings. The average Bonchev–Trinajstić information content (AvgIpc) is 2.93. The van der Waals surface area contributed by atoms with Gasteiger partial charge in [-0.05, 0) is 13.8 Å². The predicted molar refractivity (Wildman–Crippen MR) is 69.0 cm³/mol. The summed E-state index contributed by atoms with van der Waals surface area (Å²) in [5.41, 5.74) is 0.981. The van der Waals surface area contributed by atoms with E-state index in [4.69, 9.17) is 5.11 Å². The summed E-state index contributed by atoms with van der Waals surface area (Å²) in [5, 5.41) is 20.0. The number of carboxylic acid groups (broad SMARTS) is 1. The molecule has 0 fully saturated rings. The Kier molecular flexibility index (Phi) is 3.97. The zero-order valence-corrected chi connectivity index (χ0v) is 11.5. The van der Waals surface area contributed by atoms with E-state index in [9.17, 15) is 4.79 Å². The highest BCUT2D eigenvalue weighted by molar-refractivity contribution is 7.99. The molecular weight excluding hydrogens is 272 g/mol. The fourth-order valence-electron chi connectivity index (χ4n) is 1.41. The van der Waals surface area contributed by atoms with E-state index < -0.39 is 5.97 Å². The molecule has 8 heteroatoms. The van der Waals surface area contributed by atoms with Crippen molar-refractivity contribution >= 4 is 29.1 Å². The van der Waals surface area contributed by atoms with E-state index in [0.717, 1.165) is 22.5 Å². The predicted octanol–water partition coefficient (Wildman–Crippen LogP) is 1.83. The molecule has 6 nitrogen and oxygen atoms in total. The van der Waals surface area contributed by atoms with Crippen LogP contribution >= 0.6 is 23.1 Å². The number of thiazole rings is 1. The SMILES string of the molecule is Cc1csc(C(C)n2cnnc2SCC(=O)O)n1. The van der Waals surface area contributed by atoms with Crippen molar-refractivity contribution in [3.8, 4) is 0 Å². The van der Waals surface area contributed by atoms with Gasteiger partial charge in [0.1, 0.15) is 11.3 Å². The number of rotatable bonds is 5. The van der Waals surface area contributed by atoms with Gasteiger partial charge in [-0.2, -0.15) is 0 Å². The third kappa shape index (κ3) is 2.88. The first-order chi connectivity index (χ1) is 8.58. The maximum Gasteiger partial charge on any atom is 0.313 e. The normalized spacial score (nSPS) is 12.6. The fourth-order valence-corrected chi connectivity index (χ4v) is 2.97. The molecule has 0 bridgehead atoms. The molecule has 0 saturated carbocycles. The van der Waals surface area contributed by atoms with Gasteiger partial charge in [0.2, 0.25) is 0 Å². The largest absolute Gasteiger partial charge is 0.481 e. The summed E-state index contributed by atoms with van der Waals surface area (Å²) in [4.78, 5) is 15.0. The molecule has 2 aromatic heterocycles. The molecule has 0 amide bonds. The van der Waals surface area contributed by atoms with E-state index in [1.54, 1.807) is 17.7 Å². The van der Waals surface area contributed by atoms with Crippen molar-refractivity contribution in [3.63, 3.8) is 0 Å². The van der Waals surface area contributed by atoms with Gasteiger partial charge in [-0.15, -0.1) is 21.5 Å². The molecule has 0 aromatic carbocycles. The van der Waals surface area contributed by atoms with Gasteiger partial charge in [-0.1, -0.05) is 11.8 Å². The summed E-state index contributed by atoms with van der Waals surface area (Å²) >= 11 is 2.73. The fraction of sp³-hybridized carbons (Fsp3) is 0.400. The van der Waals surface area contributed by atoms with Gasteiger partial charge in [0.05, 0.1) is 11.8 Å². The zero-order chi connectivity index (χ0) is 13.1. The highest BCUT2D eigenvalue weighted by Crippen LogP contribution is 2.26. The lowest BCUT2D eigenvalue weighted by atomic mass is 10.3. The van der Waals surface area contributed by atoms with E-state index in [0.29, 0.717) is 5.16 Å². The molecule has 0 aliphatic rings. The van der Waals surface area contributed by atoms with E-state index in [1.165, 1.54) is 0 Å². The molecule has 1 atom stereocenters. The van der Waals surface area contributed by atoms with Gasteiger partial charge in [0.15, 0.2) is 5.16 Å². The second kappa shape index (κ2) is 5.49. The zero-order valence-electron chi connectivity index (χ0n) is 9.90. The summed E-state index contributed by atoms with van der Waals surface area (Å²) in [6, 6.07) is 0.00925. The van der Waals surface area contributed by atoms with Gasteiger partial charge in [0.25, 0.3) is 0 Å². The molecule has 96 valence electrons. The summed E-state index contributed by atoms with van der Waals surface area (Å²) in [6.07, 6.45) is 1.60. The Hall–Kier alpha value is -1.41. The van der Waals surface area contributed by atoms with Crippen LogP contribution in [-0.2, 0) is 4.79 Å². The van der Waals surface area contributed by atoms with Gasteiger partial charge < -0.3 is 5.11 Å². The standard InChI is InChI=1S/C10H12N4O2S2/c1-6-3-17-9(12-6)7(2)14-5-11-13-10(14)18-4-8(15)16/h3,5,7H,4H2,1-2H3,(H,15,16). The maximum atomic E-state index is 10.6. The van der Waals surface area contributed by atoms with Crippen molar-refractivity contribution in [3.05, 3.63) is 22.4 Å². The Balaban J connectivity index is 2.17. The minimum Gasteiger partial charge on any atom is -0.481 e. The van der Waals surface area contributed by atoms with Crippen LogP contribution in [0, 0.1) is 6.92 Å². The summed E-state index contributed by atoms with van der Waals surface area (Å²) in [5.74, 6) is -0.894. The molecule has 0 aliphatic heterocycles. The first-order valence-corrected chi connectivity index (χ1v) is 7.10. The van der Waals surface area contributed by atoms with Crippen LogP contribution in [0.3, 0.4) is 0 Å². The molecule has 1 N–H and O–H groups in total. The number of hydrogen-bond acceptors (Lipinski definition) is 6. The van der Waals surface area contributed by atoms with E-state index >= 15 is 0 Å². The topological polar surface area (TPSA) is 80.9 Å². The van der Waals surface area contributed by atoms with E-state index in [2.05, 4.69) is 15.2 Å². The lowest BCUT2D eigenvalue weighted by molar-refractivity contribution is -0.133. The number of aromatic nitrogens is 4. The quantitative estimate of drug-likeness (QED) is 0.844. The number of carboxylic acids is 1. The van der Waals surface area contributed by atoms with Crippen LogP contribution in [0.2, 0.25) is 0 Å². The van der Waals surface area contributed by atoms with Gasteiger partial charge in [-0.3, -0.25) is 9.36 Å². The Bertz CT molecular complexity index is 552. The van der Waals surface area contributed by atoms with Crippen molar-refractivity contribution in [2.24, 2.45) is 0 Å². The van der Waals surface area contributed by atoms with Crippen molar-refractivity contribution < 1.29 is 9.90 Å². The summed E-state index contributed by atoms with van der Waals surface area (Å²) in [6.45, 7) is 3.94. The number of aliphatic carboxylic acids is 1.